The summed E-state index contributed by atoms with van der Waals surface area (Å²) in [6.45, 7) is 0.708. The van der Waals surface area contributed by atoms with Crippen molar-refractivity contribution in [3.8, 4) is 0 Å². The third-order valence-electron chi connectivity index (χ3n) is 2.75. The summed E-state index contributed by atoms with van der Waals surface area (Å²) >= 11 is 5.59. The number of rotatable bonds is 4. The fourth-order valence-electron chi connectivity index (χ4n) is 1.80. The third kappa shape index (κ3) is 3.56. The lowest BCUT2D eigenvalue weighted by molar-refractivity contribution is 0.102. The van der Waals surface area contributed by atoms with Gasteiger partial charge in [-0.25, -0.2) is 4.39 Å². The number of carbonyl (C=O) groups excluding carboxylic acids is 1. The first-order chi connectivity index (χ1) is 9.60. The van der Waals surface area contributed by atoms with Gasteiger partial charge in [-0.2, -0.15) is 0 Å². The highest BCUT2D eigenvalue weighted by atomic mass is 35.5. The van der Waals surface area contributed by atoms with Gasteiger partial charge >= 0.3 is 0 Å². The summed E-state index contributed by atoms with van der Waals surface area (Å²) in [6, 6.07) is 11.4. The molecule has 0 aromatic heterocycles. The van der Waals surface area contributed by atoms with Gasteiger partial charge in [0, 0.05) is 17.8 Å². The normalized spacial score (nSPS) is 10.3. The number of benzene rings is 2. The molecule has 0 fully saturated rings. The van der Waals surface area contributed by atoms with E-state index in [4.69, 9.17) is 11.6 Å². The Morgan fingerprint density at radius 2 is 2.05 bits per heavy atom. The number of hydrogen-bond acceptors (Lipinski definition) is 2. The predicted molar refractivity (Wildman–Crippen MR) is 78.6 cm³/mol. The predicted octanol–water partition coefficient (Wildman–Crippen LogP) is 3.45. The molecule has 0 radical (unpaired) electrons. The van der Waals surface area contributed by atoms with Gasteiger partial charge in [-0.3, -0.25) is 4.79 Å². The number of carbonyl (C=O) groups is 1. The second kappa shape index (κ2) is 6.50. The second-order valence-electron chi connectivity index (χ2n) is 4.31. The number of amides is 1. The van der Waals surface area contributed by atoms with E-state index in [1.165, 1.54) is 12.1 Å². The molecule has 5 heteroatoms. The van der Waals surface area contributed by atoms with Gasteiger partial charge in [0.25, 0.3) is 5.91 Å². The lowest BCUT2D eigenvalue weighted by Crippen LogP contribution is -2.13. The van der Waals surface area contributed by atoms with Crippen molar-refractivity contribution >= 4 is 23.2 Å². The number of halogens is 2. The maximum absolute atomic E-state index is 13.3. The van der Waals surface area contributed by atoms with Crippen LogP contribution in [0.2, 0.25) is 5.02 Å². The Morgan fingerprint density at radius 1 is 1.25 bits per heavy atom. The third-order valence-corrected chi connectivity index (χ3v) is 3.05. The molecule has 2 aromatic carbocycles. The highest BCUT2D eigenvalue weighted by Crippen LogP contribution is 2.17. The summed E-state index contributed by atoms with van der Waals surface area (Å²) in [7, 11) is 1.85. The van der Waals surface area contributed by atoms with Crippen LogP contribution in [0.5, 0.6) is 0 Å². The molecule has 104 valence electrons. The van der Waals surface area contributed by atoms with Gasteiger partial charge in [0.05, 0.1) is 5.02 Å². The Hall–Kier alpha value is -1.91. The van der Waals surface area contributed by atoms with Crippen LogP contribution in [-0.4, -0.2) is 13.0 Å². The van der Waals surface area contributed by atoms with E-state index >= 15 is 0 Å². The summed E-state index contributed by atoms with van der Waals surface area (Å²) in [5.41, 5.74) is 1.94. The van der Waals surface area contributed by atoms with Gasteiger partial charge in [0.15, 0.2) is 0 Å². The molecule has 2 aromatic rings. The summed E-state index contributed by atoms with van der Waals surface area (Å²) in [5, 5.41) is 5.76. The molecule has 0 saturated carbocycles. The van der Waals surface area contributed by atoms with Crippen LogP contribution in [0.1, 0.15) is 15.9 Å². The first-order valence-corrected chi connectivity index (χ1v) is 6.48. The van der Waals surface area contributed by atoms with Gasteiger partial charge < -0.3 is 10.6 Å². The average molecular weight is 293 g/mol. The van der Waals surface area contributed by atoms with Crippen LogP contribution in [0.15, 0.2) is 42.5 Å². The summed E-state index contributed by atoms with van der Waals surface area (Å²) in [6.07, 6.45) is 0. The summed E-state index contributed by atoms with van der Waals surface area (Å²) < 4.78 is 13.3. The van der Waals surface area contributed by atoms with Crippen LogP contribution in [0.3, 0.4) is 0 Å². The molecular formula is C15H14ClFN2O. The molecular weight excluding hydrogens is 279 g/mol. The fourth-order valence-corrected chi connectivity index (χ4v) is 1.92. The van der Waals surface area contributed by atoms with Gasteiger partial charge in [-0.05, 0) is 42.9 Å². The van der Waals surface area contributed by atoms with Crippen LogP contribution in [-0.2, 0) is 6.54 Å². The molecule has 0 bridgehead atoms. The van der Waals surface area contributed by atoms with E-state index in [9.17, 15) is 9.18 Å². The summed E-state index contributed by atoms with van der Waals surface area (Å²) in [5.74, 6) is -0.981. The number of nitrogens with one attached hydrogen (secondary N) is 2. The SMILES string of the molecule is CNCc1cccc(NC(=O)c2ccc(Cl)c(F)c2)c1. The van der Waals surface area contributed by atoms with Crippen LogP contribution in [0, 0.1) is 5.82 Å². The van der Waals surface area contributed by atoms with Gasteiger partial charge in [0.1, 0.15) is 5.82 Å². The topological polar surface area (TPSA) is 41.1 Å². The highest BCUT2D eigenvalue weighted by Gasteiger charge is 2.09. The first kappa shape index (κ1) is 14.5. The standard InChI is InChI=1S/C15H14ClFN2O/c1-18-9-10-3-2-4-12(7-10)19-15(20)11-5-6-13(16)14(17)8-11/h2-8,18H,9H2,1H3,(H,19,20). The molecule has 0 heterocycles. The Balaban J connectivity index is 2.14. The van der Waals surface area contributed by atoms with Crippen LogP contribution >= 0.6 is 11.6 Å². The molecule has 20 heavy (non-hydrogen) atoms. The van der Waals surface area contributed by atoms with Crippen molar-refractivity contribution < 1.29 is 9.18 Å². The van der Waals surface area contributed by atoms with Gasteiger partial charge in [0.2, 0.25) is 0 Å². The lowest BCUT2D eigenvalue weighted by atomic mass is 10.1. The van der Waals surface area contributed by atoms with Crippen molar-refractivity contribution in [3.63, 3.8) is 0 Å². The molecule has 0 saturated heterocycles. The Bertz CT molecular complexity index is 631. The van der Waals surface area contributed by atoms with Crippen molar-refractivity contribution in [2.75, 3.05) is 12.4 Å². The first-order valence-electron chi connectivity index (χ1n) is 6.10. The Morgan fingerprint density at radius 3 is 2.75 bits per heavy atom. The summed E-state index contributed by atoms with van der Waals surface area (Å²) in [4.78, 5) is 12.0. The van der Waals surface area contributed by atoms with Crippen LogP contribution in [0.4, 0.5) is 10.1 Å². The smallest absolute Gasteiger partial charge is 0.255 e. The average Bonchev–Trinajstić information content (AvgIpc) is 2.42. The van der Waals surface area contributed by atoms with E-state index in [1.807, 2.05) is 25.2 Å². The van der Waals surface area contributed by atoms with Crippen molar-refractivity contribution in [1.82, 2.24) is 5.32 Å². The van der Waals surface area contributed by atoms with Gasteiger partial charge in [-0.1, -0.05) is 23.7 Å². The van der Waals surface area contributed by atoms with E-state index in [2.05, 4.69) is 10.6 Å². The molecule has 1 amide bonds. The minimum Gasteiger partial charge on any atom is -0.322 e. The molecule has 0 spiro atoms. The lowest BCUT2D eigenvalue weighted by Gasteiger charge is -2.08. The van der Waals surface area contributed by atoms with Crippen molar-refractivity contribution in [3.05, 3.63) is 64.4 Å². The zero-order valence-electron chi connectivity index (χ0n) is 10.9. The van der Waals surface area contributed by atoms with E-state index in [0.29, 0.717) is 12.2 Å². The molecule has 2 rings (SSSR count). The maximum atomic E-state index is 13.3. The molecule has 0 aliphatic heterocycles. The van der Waals surface area contributed by atoms with E-state index < -0.39 is 5.82 Å². The highest BCUT2D eigenvalue weighted by molar-refractivity contribution is 6.30. The van der Waals surface area contributed by atoms with E-state index in [1.54, 1.807) is 6.07 Å². The van der Waals surface area contributed by atoms with Gasteiger partial charge in [-0.15, -0.1) is 0 Å². The number of anilines is 1. The quantitative estimate of drug-likeness (QED) is 0.906. The minimum atomic E-state index is -0.608. The van der Waals surface area contributed by atoms with Crippen LogP contribution in [0.25, 0.3) is 0 Å². The van der Waals surface area contributed by atoms with E-state index in [-0.39, 0.29) is 16.5 Å². The van der Waals surface area contributed by atoms with Crippen molar-refractivity contribution in [2.45, 2.75) is 6.54 Å². The monoisotopic (exact) mass is 292 g/mol. The molecule has 2 N–H and O–H groups in total. The largest absolute Gasteiger partial charge is 0.322 e. The van der Waals surface area contributed by atoms with E-state index in [0.717, 1.165) is 11.6 Å². The zero-order valence-corrected chi connectivity index (χ0v) is 11.7. The maximum Gasteiger partial charge on any atom is 0.255 e. The molecule has 0 atom stereocenters. The van der Waals surface area contributed by atoms with Crippen LogP contribution < -0.4 is 10.6 Å². The fraction of sp³-hybridized carbons (Fsp3) is 0.133. The minimum absolute atomic E-state index is 0.00225. The molecule has 0 aliphatic rings. The number of hydrogen-bond donors (Lipinski definition) is 2. The van der Waals surface area contributed by atoms with Crippen molar-refractivity contribution in [2.24, 2.45) is 0 Å². The Kier molecular flexibility index (Phi) is 4.71. The molecule has 3 nitrogen and oxygen atoms in total. The van der Waals surface area contributed by atoms with Crippen molar-refractivity contribution in [1.29, 1.82) is 0 Å². The molecule has 0 aliphatic carbocycles. The Labute approximate surface area is 121 Å². The second-order valence-corrected chi connectivity index (χ2v) is 4.72. The molecule has 0 unspecified atom stereocenters. The zero-order chi connectivity index (χ0) is 14.5.